The van der Waals surface area contributed by atoms with Crippen molar-refractivity contribution in [2.24, 2.45) is 0 Å². The monoisotopic (exact) mass is 319 g/mol. The Morgan fingerprint density at radius 3 is 2.31 bits per heavy atom. The van der Waals surface area contributed by atoms with Crippen molar-refractivity contribution in [1.29, 1.82) is 0 Å². The summed E-state index contributed by atoms with van der Waals surface area (Å²) < 4.78 is 0. The first-order valence-electron chi connectivity index (χ1n) is 3.69. The molecule has 1 rings (SSSR count). The summed E-state index contributed by atoms with van der Waals surface area (Å²) >= 11 is 0. The number of rotatable bonds is 3. The Morgan fingerprint density at radius 2 is 1.92 bits per heavy atom. The van der Waals surface area contributed by atoms with Gasteiger partial charge in [-0.05, 0) is 0 Å². The summed E-state index contributed by atoms with van der Waals surface area (Å²) in [5.41, 5.74) is 1.41. The van der Waals surface area contributed by atoms with Crippen LogP contribution in [-0.2, 0) is 26.2 Å². The molecule has 0 nitrogen and oxygen atoms in total. The van der Waals surface area contributed by atoms with Crippen LogP contribution >= 0.6 is 37.2 Å². The zero-order valence-corrected chi connectivity index (χ0v) is 12.6. The molecule has 0 amide bonds. The van der Waals surface area contributed by atoms with Gasteiger partial charge in [-0.25, -0.2) is 11.6 Å². The second-order valence-electron chi connectivity index (χ2n) is 2.41. The van der Waals surface area contributed by atoms with Crippen LogP contribution in [0.5, 0.6) is 0 Å². The first-order chi connectivity index (χ1) is 4.43. The average molecular weight is 322 g/mol. The molecule has 0 bridgehead atoms. The summed E-state index contributed by atoms with van der Waals surface area (Å²) in [6.07, 6.45) is 12.5. The van der Waals surface area contributed by atoms with E-state index in [2.05, 4.69) is 25.2 Å². The van der Waals surface area contributed by atoms with E-state index in [1.165, 1.54) is 24.8 Å². The molecule has 0 atom stereocenters. The van der Waals surface area contributed by atoms with E-state index in [1.54, 1.807) is 0 Å². The smallest absolute Gasteiger partial charge is 0 e. The molecule has 1 aliphatic rings. The van der Waals surface area contributed by atoms with Gasteiger partial charge in [-0.1, -0.05) is 26.2 Å². The van der Waals surface area contributed by atoms with Gasteiger partial charge in [-0.3, -0.25) is 6.08 Å². The molecule has 13 heavy (non-hydrogen) atoms. The van der Waals surface area contributed by atoms with E-state index in [0.29, 0.717) is 0 Å². The van der Waals surface area contributed by atoms with Crippen molar-refractivity contribution in [3.05, 3.63) is 23.8 Å². The molecular weight excluding hydrogens is 306 g/mol. The number of hydrogen-bond donors (Lipinski definition) is 0. The van der Waals surface area contributed by atoms with Crippen molar-refractivity contribution in [3.8, 4) is 0 Å². The minimum atomic E-state index is 0. The Balaban J connectivity index is -0.000000101. The Hall–Kier alpha value is 1.23. The molecule has 0 aromatic heterocycles. The maximum atomic E-state index is 3.30. The molecule has 0 fully saturated rings. The maximum Gasteiger partial charge on any atom is 0 e. The van der Waals surface area contributed by atoms with E-state index < -0.39 is 0 Å². The van der Waals surface area contributed by atoms with Crippen LogP contribution < -0.4 is 0 Å². The van der Waals surface area contributed by atoms with Gasteiger partial charge in [-0.15, -0.1) is 43.6 Å². The molecule has 78 valence electrons. The molecule has 0 unspecified atom stereocenters. The molecule has 0 saturated heterocycles. The number of halogens is 3. The molecule has 0 saturated carbocycles. The predicted octanol–water partition coefficient (Wildman–Crippen LogP) is 4.13. The zero-order valence-electron chi connectivity index (χ0n) is 7.71. The Morgan fingerprint density at radius 1 is 1.31 bits per heavy atom. The SMILES string of the molecule is CCCCC1=[C-]CC=C1.Cl.Cl.Cl.[Zr]. The van der Waals surface area contributed by atoms with Crippen molar-refractivity contribution < 1.29 is 26.2 Å². The van der Waals surface area contributed by atoms with Gasteiger partial charge in [0.25, 0.3) is 0 Å². The first-order valence-corrected chi connectivity index (χ1v) is 3.69. The normalized spacial score (nSPS) is 11.3. The zero-order chi connectivity index (χ0) is 6.53. The van der Waals surface area contributed by atoms with E-state index in [-0.39, 0.29) is 63.4 Å². The topological polar surface area (TPSA) is 0 Å². The minimum absolute atomic E-state index is 0. The summed E-state index contributed by atoms with van der Waals surface area (Å²) in [6.45, 7) is 2.22. The molecule has 4 heteroatoms. The largest absolute Gasteiger partial charge is 0.269 e. The fourth-order valence-electron chi connectivity index (χ4n) is 0.989. The third-order valence-corrected chi connectivity index (χ3v) is 1.57. The van der Waals surface area contributed by atoms with Gasteiger partial charge in [0.15, 0.2) is 0 Å². The molecule has 0 aliphatic heterocycles. The Kier molecular flexibility index (Phi) is 28.7. The van der Waals surface area contributed by atoms with Gasteiger partial charge >= 0.3 is 0 Å². The molecule has 0 aromatic rings. The number of hydrogen-bond acceptors (Lipinski definition) is 0. The molecule has 0 radical (unpaired) electrons. The third-order valence-electron chi connectivity index (χ3n) is 1.57. The molecule has 1 aliphatic carbocycles. The van der Waals surface area contributed by atoms with Crippen LogP contribution in [0.1, 0.15) is 32.6 Å². The summed E-state index contributed by atoms with van der Waals surface area (Å²) in [4.78, 5) is 0. The van der Waals surface area contributed by atoms with Crippen LogP contribution in [0.15, 0.2) is 17.7 Å². The van der Waals surface area contributed by atoms with Gasteiger partial charge < -0.3 is 0 Å². The summed E-state index contributed by atoms with van der Waals surface area (Å²) in [7, 11) is 0. The molecular formula is C9H16Cl3Zr-. The van der Waals surface area contributed by atoms with Crippen LogP contribution in [0.4, 0.5) is 0 Å². The maximum absolute atomic E-state index is 3.30. The second-order valence-corrected chi connectivity index (χ2v) is 2.41. The molecule has 0 aromatic carbocycles. The van der Waals surface area contributed by atoms with Gasteiger partial charge in [0.1, 0.15) is 0 Å². The average Bonchev–Trinajstić information content (AvgIpc) is 2.34. The standard InChI is InChI=1S/C9H13.3ClH.Zr/c1-2-3-6-9-7-4-5-8-9;;;;/h4,7H,2-3,5-6H2,1H3;3*1H;/q-1;;;;. The van der Waals surface area contributed by atoms with Crippen LogP contribution in [0, 0.1) is 6.08 Å². The van der Waals surface area contributed by atoms with Crippen LogP contribution in [0.2, 0.25) is 0 Å². The quantitative estimate of drug-likeness (QED) is 0.686. The van der Waals surface area contributed by atoms with E-state index >= 15 is 0 Å². The number of unbranched alkanes of at least 4 members (excludes halogenated alkanes) is 1. The van der Waals surface area contributed by atoms with Crippen molar-refractivity contribution in [1.82, 2.24) is 0 Å². The third kappa shape index (κ3) is 11.2. The van der Waals surface area contributed by atoms with Crippen molar-refractivity contribution in [2.75, 3.05) is 0 Å². The van der Waals surface area contributed by atoms with E-state index in [4.69, 9.17) is 0 Å². The van der Waals surface area contributed by atoms with Gasteiger partial charge in [0.05, 0.1) is 0 Å². The Labute approximate surface area is 119 Å². The minimum Gasteiger partial charge on any atom is -0.269 e. The van der Waals surface area contributed by atoms with Crippen molar-refractivity contribution >= 4 is 37.2 Å². The Bertz CT molecular complexity index is 144. The fraction of sp³-hybridized carbons (Fsp3) is 0.556. The van der Waals surface area contributed by atoms with Crippen LogP contribution in [0.3, 0.4) is 0 Å². The van der Waals surface area contributed by atoms with E-state index in [1.807, 2.05) is 0 Å². The van der Waals surface area contributed by atoms with Gasteiger partial charge in [0.2, 0.25) is 0 Å². The van der Waals surface area contributed by atoms with Crippen molar-refractivity contribution in [3.63, 3.8) is 0 Å². The van der Waals surface area contributed by atoms with E-state index in [9.17, 15) is 0 Å². The summed E-state index contributed by atoms with van der Waals surface area (Å²) in [5, 5.41) is 0. The van der Waals surface area contributed by atoms with Gasteiger partial charge in [-0.2, -0.15) is 6.08 Å². The van der Waals surface area contributed by atoms with Crippen molar-refractivity contribution in [2.45, 2.75) is 32.6 Å². The second kappa shape index (κ2) is 15.7. The predicted molar refractivity (Wildman–Crippen MR) is 61.8 cm³/mol. The fourth-order valence-corrected chi connectivity index (χ4v) is 0.989. The molecule has 0 N–H and O–H groups in total. The van der Waals surface area contributed by atoms with E-state index in [0.717, 1.165) is 6.42 Å². The van der Waals surface area contributed by atoms with Gasteiger partial charge in [0, 0.05) is 26.2 Å². The summed E-state index contributed by atoms with van der Waals surface area (Å²) in [5.74, 6) is 0. The molecule has 0 heterocycles. The van der Waals surface area contributed by atoms with Crippen LogP contribution in [0.25, 0.3) is 0 Å². The molecule has 0 spiro atoms. The van der Waals surface area contributed by atoms with Crippen LogP contribution in [-0.4, -0.2) is 0 Å². The first kappa shape index (κ1) is 23.8. The summed E-state index contributed by atoms with van der Waals surface area (Å²) in [6, 6.07) is 0. The number of allylic oxidation sites excluding steroid dienone is 4.